The molecule has 158 valence electrons. The number of hydrogen-bond donors (Lipinski definition) is 0. The van der Waals surface area contributed by atoms with Gasteiger partial charge in [-0.2, -0.15) is 0 Å². The van der Waals surface area contributed by atoms with Crippen molar-refractivity contribution in [2.24, 2.45) is 0 Å². The highest BCUT2D eigenvalue weighted by molar-refractivity contribution is 6.33. The maximum atomic E-state index is 14.4. The highest BCUT2D eigenvalue weighted by Crippen LogP contribution is 2.34. The van der Waals surface area contributed by atoms with Crippen molar-refractivity contribution in [2.75, 3.05) is 26.2 Å². The van der Waals surface area contributed by atoms with Crippen LogP contribution in [0.2, 0.25) is 5.02 Å². The zero-order valence-electron chi connectivity index (χ0n) is 16.5. The molecule has 1 saturated heterocycles. The lowest BCUT2D eigenvalue weighted by atomic mass is 10.0. The highest BCUT2D eigenvalue weighted by atomic mass is 35.5. The highest BCUT2D eigenvalue weighted by Gasteiger charge is 2.30. The molecule has 5 nitrogen and oxygen atoms in total. The fourth-order valence-corrected chi connectivity index (χ4v) is 3.88. The predicted molar refractivity (Wildman–Crippen MR) is 117 cm³/mol. The number of amides is 1. The number of aryl methyl sites for hydroxylation is 1. The first-order valence-corrected chi connectivity index (χ1v) is 9.88. The van der Waals surface area contributed by atoms with Gasteiger partial charge in [-0.1, -0.05) is 53.2 Å². The van der Waals surface area contributed by atoms with E-state index < -0.39 is 5.82 Å². The minimum atomic E-state index is -0.535. The standard InChI is InChI=1S/C22H21ClFN3O2.ClH/c1-15-19(21(25-29-15)20-17(23)8-5-9-18(20)24)22(28)27-12-10-26(11-13-27)14-16-6-3-2-4-7-16;/h2-9H,10-14H2,1H3;1H. The Hall–Kier alpha value is -2.41. The van der Waals surface area contributed by atoms with Gasteiger partial charge >= 0.3 is 0 Å². The normalized spacial score (nSPS) is 14.4. The van der Waals surface area contributed by atoms with E-state index in [0.717, 1.165) is 19.6 Å². The van der Waals surface area contributed by atoms with E-state index in [-0.39, 0.29) is 40.2 Å². The molecule has 1 aromatic heterocycles. The first-order chi connectivity index (χ1) is 14.0. The van der Waals surface area contributed by atoms with Crippen molar-refractivity contribution in [1.82, 2.24) is 15.0 Å². The van der Waals surface area contributed by atoms with E-state index in [4.69, 9.17) is 16.1 Å². The Morgan fingerprint density at radius 2 is 1.80 bits per heavy atom. The van der Waals surface area contributed by atoms with Crippen LogP contribution in [0.15, 0.2) is 53.1 Å². The van der Waals surface area contributed by atoms with E-state index in [0.29, 0.717) is 18.8 Å². The summed E-state index contributed by atoms with van der Waals surface area (Å²) in [4.78, 5) is 17.3. The van der Waals surface area contributed by atoms with Crippen molar-refractivity contribution in [2.45, 2.75) is 13.5 Å². The summed E-state index contributed by atoms with van der Waals surface area (Å²) >= 11 is 6.18. The molecule has 0 unspecified atom stereocenters. The number of rotatable bonds is 4. The third-order valence-corrected chi connectivity index (χ3v) is 5.50. The fourth-order valence-electron chi connectivity index (χ4n) is 3.63. The molecule has 0 saturated carbocycles. The second-order valence-electron chi connectivity index (χ2n) is 7.11. The largest absolute Gasteiger partial charge is 0.360 e. The van der Waals surface area contributed by atoms with Crippen LogP contribution in [0, 0.1) is 12.7 Å². The Bertz CT molecular complexity index is 998. The van der Waals surface area contributed by atoms with Crippen LogP contribution in [0.25, 0.3) is 11.3 Å². The number of halogens is 3. The van der Waals surface area contributed by atoms with Gasteiger partial charge in [0.25, 0.3) is 5.91 Å². The van der Waals surface area contributed by atoms with Crippen LogP contribution >= 0.6 is 24.0 Å². The van der Waals surface area contributed by atoms with Crippen LogP contribution in [0.1, 0.15) is 21.7 Å². The summed E-state index contributed by atoms with van der Waals surface area (Å²) in [6.45, 7) is 5.21. The number of piperazine rings is 1. The average molecular weight is 450 g/mol. The Balaban J connectivity index is 0.00000256. The zero-order chi connectivity index (χ0) is 20.4. The van der Waals surface area contributed by atoms with E-state index in [2.05, 4.69) is 22.2 Å². The summed E-state index contributed by atoms with van der Waals surface area (Å²) in [7, 11) is 0. The van der Waals surface area contributed by atoms with Gasteiger partial charge in [0.05, 0.1) is 10.6 Å². The number of benzene rings is 2. The van der Waals surface area contributed by atoms with E-state index >= 15 is 0 Å². The molecule has 2 aromatic carbocycles. The third kappa shape index (κ3) is 4.51. The molecule has 4 rings (SSSR count). The van der Waals surface area contributed by atoms with Gasteiger partial charge in [-0.05, 0) is 24.6 Å². The number of nitrogens with zero attached hydrogens (tertiary/aromatic N) is 3. The molecular formula is C22H22Cl2FN3O2. The topological polar surface area (TPSA) is 49.6 Å². The summed E-state index contributed by atoms with van der Waals surface area (Å²) in [5.74, 6) is -0.388. The van der Waals surface area contributed by atoms with Crippen LogP contribution in [-0.4, -0.2) is 47.0 Å². The van der Waals surface area contributed by atoms with Gasteiger partial charge < -0.3 is 9.42 Å². The van der Waals surface area contributed by atoms with Crippen LogP contribution in [0.4, 0.5) is 4.39 Å². The molecule has 1 aliphatic rings. The second kappa shape index (κ2) is 9.60. The second-order valence-corrected chi connectivity index (χ2v) is 7.52. The van der Waals surface area contributed by atoms with Gasteiger partial charge in [0.1, 0.15) is 22.8 Å². The molecule has 1 fully saturated rings. The van der Waals surface area contributed by atoms with Gasteiger partial charge in [0, 0.05) is 32.7 Å². The number of aromatic nitrogens is 1. The van der Waals surface area contributed by atoms with E-state index in [1.165, 1.54) is 17.7 Å². The van der Waals surface area contributed by atoms with Crippen molar-refractivity contribution >= 4 is 29.9 Å². The van der Waals surface area contributed by atoms with E-state index in [9.17, 15) is 9.18 Å². The summed E-state index contributed by atoms with van der Waals surface area (Å²) < 4.78 is 19.6. The predicted octanol–water partition coefficient (Wildman–Crippen LogP) is 4.82. The number of carbonyl (C=O) groups excluding carboxylic acids is 1. The van der Waals surface area contributed by atoms with Gasteiger partial charge in [-0.15, -0.1) is 12.4 Å². The van der Waals surface area contributed by atoms with E-state index in [1.54, 1.807) is 17.9 Å². The first-order valence-electron chi connectivity index (χ1n) is 9.51. The fraction of sp³-hybridized carbons (Fsp3) is 0.273. The van der Waals surface area contributed by atoms with Crippen LogP contribution in [0.3, 0.4) is 0 Å². The average Bonchev–Trinajstić information content (AvgIpc) is 3.10. The molecule has 8 heteroatoms. The summed E-state index contributed by atoms with van der Waals surface area (Å²) in [5, 5.41) is 4.13. The van der Waals surface area contributed by atoms with Gasteiger partial charge in [0.2, 0.25) is 0 Å². The molecule has 0 bridgehead atoms. The number of carbonyl (C=O) groups is 1. The van der Waals surface area contributed by atoms with Crippen LogP contribution in [-0.2, 0) is 6.54 Å². The SMILES string of the molecule is Cc1onc(-c2c(F)cccc2Cl)c1C(=O)N1CCN(Cc2ccccc2)CC1.Cl. The Morgan fingerprint density at radius 3 is 2.47 bits per heavy atom. The lowest BCUT2D eigenvalue weighted by molar-refractivity contribution is 0.0627. The summed E-state index contributed by atoms with van der Waals surface area (Å²) in [5.41, 5.74) is 1.77. The molecule has 0 aliphatic carbocycles. The van der Waals surface area contributed by atoms with Gasteiger partial charge in [-0.25, -0.2) is 4.39 Å². The van der Waals surface area contributed by atoms with Crippen molar-refractivity contribution in [3.05, 3.63) is 76.3 Å². The lowest BCUT2D eigenvalue weighted by Crippen LogP contribution is -2.48. The maximum absolute atomic E-state index is 14.4. The van der Waals surface area contributed by atoms with Crippen LogP contribution in [0.5, 0.6) is 0 Å². The van der Waals surface area contributed by atoms with Crippen LogP contribution < -0.4 is 0 Å². The molecule has 3 aromatic rings. The molecule has 1 amide bonds. The molecule has 30 heavy (non-hydrogen) atoms. The third-order valence-electron chi connectivity index (χ3n) is 5.18. The van der Waals surface area contributed by atoms with Crippen molar-refractivity contribution in [3.63, 3.8) is 0 Å². The summed E-state index contributed by atoms with van der Waals surface area (Å²) in [6, 6.07) is 14.6. The maximum Gasteiger partial charge on any atom is 0.259 e. The molecule has 1 aliphatic heterocycles. The molecule has 2 heterocycles. The van der Waals surface area contributed by atoms with E-state index in [1.807, 2.05) is 18.2 Å². The minimum Gasteiger partial charge on any atom is -0.360 e. The molecule has 0 atom stereocenters. The number of hydrogen-bond acceptors (Lipinski definition) is 4. The van der Waals surface area contributed by atoms with Crippen molar-refractivity contribution < 1.29 is 13.7 Å². The minimum absolute atomic E-state index is 0. The Kier molecular flexibility index (Phi) is 7.13. The van der Waals surface area contributed by atoms with Gasteiger partial charge in [-0.3, -0.25) is 9.69 Å². The Morgan fingerprint density at radius 1 is 1.10 bits per heavy atom. The Labute approximate surface area is 185 Å². The summed E-state index contributed by atoms with van der Waals surface area (Å²) in [6.07, 6.45) is 0. The monoisotopic (exact) mass is 449 g/mol. The molecule has 0 radical (unpaired) electrons. The quantitative estimate of drug-likeness (QED) is 0.572. The molecular weight excluding hydrogens is 428 g/mol. The van der Waals surface area contributed by atoms with Crippen molar-refractivity contribution in [3.8, 4) is 11.3 Å². The molecule has 0 spiro atoms. The lowest BCUT2D eigenvalue weighted by Gasteiger charge is -2.34. The zero-order valence-corrected chi connectivity index (χ0v) is 18.0. The van der Waals surface area contributed by atoms with Crippen molar-refractivity contribution in [1.29, 1.82) is 0 Å². The van der Waals surface area contributed by atoms with Gasteiger partial charge in [0.15, 0.2) is 0 Å². The molecule has 0 N–H and O–H groups in total. The first kappa shape index (κ1) is 22.3. The smallest absolute Gasteiger partial charge is 0.259 e.